The van der Waals surface area contributed by atoms with Crippen molar-refractivity contribution in [2.24, 2.45) is 0 Å². The summed E-state index contributed by atoms with van der Waals surface area (Å²) in [6.07, 6.45) is 11.7. The second-order valence-corrected chi connectivity index (χ2v) is 6.38. The van der Waals surface area contributed by atoms with E-state index in [-0.39, 0.29) is 5.78 Å². The molecule has 0 heterocycles. The zero-order valence-electron chi connectivity index (χ0n) is 16.4. The fourth-order valence-electron chi connectivity index (χ4n) is 3.05. The van der Waals surface area contributed by atoms with Gasteiger partial charge in [-0.1, -0.05) is 58.3 Å². The van der Waals surface area contributed by atoms with Crippen molar-refractivity contribution >= 4 is 5.78 Å². The zero-order valence-corrected chi connectivity index (χ0v) is 16.4. The summed E-state index contributed by atoms with van der Waals surface area (Å²) < 4.78 is 16.0. The quantitative estimate of drug-likeness (QED) is 0.313. The summed E-state index contributed by atoms with van der Waals surface area (Å²) in [5, 5.41) is 0. The number of carbonyl (C=O) groups excluding carboxylic acids is 1. The van der Waals surface area contributed by atoms with E-state index in [0.29, 0.717) is 29.2 Å². The van der Waals surface area contributed by atoms with Gasteiger partial charge in [0.25, 0.3) is 0 Å². The van der Waals surface area contributed by atoms with Gasteiger partial charge in [0.2, 0.25) is 5.75 Å². The molecule has 0 radical (unpaired) electrons. The van der Waals surface area contributed by atoms with Gasteiger partial charge >= 0.3 is 0 Å². The molecule has 0 aliphatic heterocycles. The Morgan fingerprint density at radius 2 is 1.32 bits per heavy atom. The van der Waals surface area contributed by atoms with Gasteiger partial charge < -0.3 is 14.2 Å². The molecule has 0 aliphatic rings. The van der Waals surface area contributed by atoms with E-state index in [1.54, 1.807) is 33.5 Å². The third-order valence-corrected chi connectivity index (χ3v) is 4.51. The standard InChI is InChI=1S/C21H34O4/c1-5-6-7-8-9-10-11-12-13-14-18(22)17-15-16-19(23-2)21(25-4)20(17)24-3/h15-16H,5-14H2,1-4H3. The molecule has 0 saturated heterocycles. The lowest BCUT2D eigenvalue weighted by molar-refractivity contribution is 0.0975. The highest BCUT2D eigenvalue weighted by molar-refractivity contribution is 5.99. The third kappa shape index (κ3) is 6.97. The third-order valence-electron chi connectivity index (χ3n) is 4.51. The lowest BCUT2D eigenvalue weighted by atomic mass is 10.0. The summed E-state index contributed by atoms with van der Waals surface area (Å²) in [5.41, 5.74) is 0.569. The van der Waals surface area contributed by atoms with E-state index >= 15 is 0 Å². The van der Waals surface area contributed by atoms with Gasteiger partial charge in [-0.05, 0) is 18.6 Å². The zero-order chi connectivity index (χ0) is 18.5. The second-order valence-electron chi connectivity index (χ2n) is 6.38. The summed E-state index contributed by atoms with van der Waals surface area (Å²) in [4.78, 5) is 12.5. The van der Waals surface area contributed by atoms with Gasteiger partial charge in [-0.2, -0.15) is 0 Å². The molecule has 25 heavy (non-hydrogen) atoms. The monoisotopic (exact) mass is 350 g/mol. The van der Waals surface area contributed by atoms with Crippen molar-refractivity contribution < 1.29 is 19.0 Å². The Kier molecular flexibility index (Phi) is 10.8. The van der Waals surface area contributed by atoms with E-state index in [1.807, 2.05) is 0 Å². The minimum Gasteiger partial charge on any atom is -0.493 e. The van der Waals surface area contributed by atoms with E-state index in [9.17, 15) is 4.79 Å². The maximum absolute atomic E-state index is 12.5. The highest BCUT2D eigenvalue weighted by Gasteiger charge is 2.20. The van der Waals surface area contributed by atoms with E-state index < -0.39 is 0 Å². The first-order valence-electron chi connectivity index (χ1n) is 9.51. The average molecular weight is 350 g/mol. The highest BCUT2D eigenvalue weighted by atomic mass is 16.5. The van der Waals surface area contributed by atoms with Crippen LogP contribution in [0.15, 0.2) is 12.1 Å². The Morgan fingerprint density at radius 1 is 0.760 bits per heavy atom. The van der Waals surface area contributed by atoms with Crippen LogP contribution in [0, 0.1) is 0 Å². The molecule has 0 unspecified atom stereocenters. The smallest absolute Gasteiger partial charge is 0.204 e. The molecule has 0 aromatic heterocycles. The molecule has 0 N–H and O–H groups in total. The molecule has 1 aromatic carbocycles. The first-order chi connectivity index (χ1) is 12.2. The number of hydrogen-bond acceptors (Lipinski definition) is 4. The van der Waals surface area contributed by atoms with Crippen molar-refractivity contribution in [2.75, 3.05) is 21.3 Å². The van der Waals surface area contributed by atoms with Crippen LogP contribution < -0.4 is 14.2 Å². The lowest BCUT2D eigenvalue weighted by Gasteiger charge is -2.15. The van der Waals surface area contributed by atoms with E-state index in [0.717, 1.165) is 12.8 Å². The SMILES string of the molecule is CCCCCCCCCCCC(=O)c1ccc(OC)c(OC)c1OC. The fourth-order valence-corrected chi connectivity index (χ4v) is 3.05. The molecular weight excluding hydrogens is 316 g/mol. The number of Topliss-reactive ketones (excluding diaryl/α,β-unsaturated/α-hetero) is 1. The van der Waals surface area contributed by atoms with Gasteiger partial charge in [0.05, 0.1) is 26.9 Å². The van der Waals surface area contributed by atoms with Crippen molar-refractivity contribution in [3.05, 3.63) is 17.7 Å². The van der Waals surface area contributed by atoms with Crippen LogP contribution in [0.1, 0.15) is 81.5 Å². The first-order valence-corrected chi connectivity index (χ1v) is 9.51. The Bertz CT molecular complexity index is 511. The fraction of sp³-hybridized carbons (Fsp3) is 0.667. The summed E-state index contributed by atoms with van der Waals surface area (Å²) in [7, 11) is 4.67. The van der Waals surface area contributed by atoms with Crippen LogP contribution in [0.4, 0.5) is 0 Å². The van der Waals surface area contributed by atoms with Gasteiger partial charge in [-0.3, -0.25) is 4.79 Å². The summed E-state index contributed by atoms with van der Waals surface area (Å²) in [6, 6.07) is 3.52. The van der Waals surface area contributed by atoms with Crippen LogP contribution in [0.5, 0.6) is 17.2 Å². The maximum Gasteiger partial charge on any atom is 0.204 e. The molecule has 1 rings (SSSR count). The van der Waals surface area contributed by atoms with Gasteiger partial charge in [-0.25, -0.2) is 0 Å². The Morgan fingerprint density at radius 3 is 1.84 bits per heavy atom. The van der Waals surface area contributed by atoms with Crippen molar-refractivity contribution in [1.82, 2.24) is 0 Å². The van der Waals surface area contributed by atoms with Crippen molar-refractivity contribution in [3.63, 3.8) is 0 Å². The number of rotatable bonds is 14. The van der Waals surface area contributed by atoms with Crippen LogP contribution in [0.2, 0.25) is 0 Å². The van der Waals surface area contributed by atoms with Crippen molar-refractivity contribution in [3.8, 4) is 17.2 Å². The number of unbranched alkanes of at least 4 members (excludes halogenated alkanes) is 8. The summed E-state index contributed by atoms with van der Waals surface area (Å²) in [5.74, 6) is 1.60. The first kappa shape index (κ1) is 21.3. The molecular formula is C21H34O4. The summed E-state index contributed by atoms with van der Waals surface area (Å²) >= 11 is 0. The molecule has 0 amide bonds. The number of carbonyl (C=O) groups is 1. The predicted octanol–water partition coefficient (Wildman–Crippen LogP) is 5.82. The molecule has 0 spiro atoms. The number of ketones is 1. The molecule has 0 fully saturated rings. The number of ether oxygens (including phenoxy) is 3. The molecule has 1 aromatic rings. The number of hydrogen-bond donors (Lipinski definition) is 0. The molecule has 0 aliphatic carbocycles. The van der Waals surface area contributed by atoms with Gasteiger partial charge in [0, 0.05) is 6.42 Å². The highest BCUT2D eigenvalue weighted by Crippen LogP contribution is 2.40. The number of methoxy groups -OCH3 is 3. The average Bonchev–Trinajstić information content (AvgIpc) is 2.64. The second kappa shape index (κ2) is 12.6. The normalized spacial score (nSPS) is 10.6. The molecule has 0 atom stereocenters. The van der Waals surface area contributed by atoms with Crippen molar-refractivity contribution in [1.29, 1.82) is 0 Å². The van der Waals surface area contributed by atoms with Crippen LogP contribution >= 0.6 is 0 Å². The van der Waals surface area contributed by atoms with Crippen LogP contribution in [-0.2, 0) is 0 Å². The molecule has 0 saturated carbocycles. The van der Waals surface area contributed by atoms with Gasteiger partial charge in [0.1, 0.15) is 0 Å². The van der Waals surface area contributed by atoms with E-state index in [2.05, 4.69) is 6.92 Å². The van der Waals surface area contributed by atoms with Crippen molar-refractivity contribution in [2.45, 2.75) is 71.1 Å². The predicted molar refractivity (Wildman–Crippen MR) is 102 cm³/mol. The topological polar surface area (TPSA) is 44.8 Å². The molecule has 4 nitrogen and oxygen atoms in total. The maximum atomic E-state index is 12.5. The van der Waals surface area contributed by atoms with Gasteiger partial charge in [0.15, 0.2) is 17.3 Å². The lowest BCUT2D eigenvalue weighted by Crippen LogP contribution is -2.05. The van der Waals surface area contributed by atoms with Crippen LogP contribution in [0.25, 0.3) is 0 Å². The minimum atomic E-state index is 0.0979. The molecule has 4 heteroatoms. The Labute approximate surface area is 152 Å². The van der Waals surface area contributed by atoms with Crippen LogP contribution in [0.3, 0.4) is 0 Å². The van der Waals surface area contributed by atoms with Crippen LogP contribution in [-0.4, -0.2) is 27.1 Å². The molecule has 142 valence electrons. The van der Waals surface area contributed by atoms with Gasteiger partial charge in [-0.15, -0.1) is 0 Å². The Balaban J connectivity index is 2.42. The molecule has 0 bridgehead atoms. The Hall–Kier alpha value is -1.71. The number of benzene rings is 1. The minimum absolute atomic E-state index is 0.0979. The largest absolute Gasteiger partial charge is 0.493 e. The van der Waals surface area contributed by atoms with E-state index in [1.165, 1.54) is 44.9 Å². The van der Waals surface area contributed by atoms with E-state index in [4.69, 9.17) is 14.2 Å². The summed E-state index contributed by atoms with van der Waals surface area (Å²) in [6.45, 7) is 2.24.